The van der Waals surface area contributed by atoms with Gasteiger partial charge in [0.1, 0.15) is 11.4 Å². The van der Waals surface area contributed by atoms with E-state index in [2.05, 4.69) is 121 Å². The first-order valence-electron chi connectivity index (χ1n) is 12.1. The quantitative estimate of drug-likeness (QED) is 0.257. The molecule has 0 radical (unpaired) electrons. The normalized spacial score (nSPS) is 11.7. The lowest BCUT2D eigenvalue weighted by atomic mass is 10.1. The third-order valence-electron chi connectivity index (χ3n) is 6.78. The number of imidazole rings is 1. The predicted molar refractivity (Wildman–Crippen MR) is 141 cm³/mol. The third-order valence-corrected chi connectivity index (χ3v) is 6.78. The molecule has 0 saturated heterocycles. The van der Waals surface area contributed by atoms with Crippen molar-refractivity contribution >= 4 is 22.1 Å². The highest BCUT2D eigenvalue weighted by molar-refractivity contribution is 6.06. The molecule has 0 spiro atoms. The Morgan fingerprint density at radius 3 is 2.23 bits per heavy atom. The molecule has 0 aliphatic carbocycles. The summed E-state index contributed by atoms with van der Waals surface area (Å²) in [5.41, 5.74) is 8.53. The van der Waals surface area contributed by atoms with Gasteiger partial charge in [-0.25, -0.2) is 4.98 Å². The topological polar surface area (TPSA) is 34.8 Å². The Kier molecular flexibility index (Phi) is 5.03. The number of furan rings is 1. The second-order valence-corrected chi connectivity index (χ2v) is 9.39. The number of hydrogen-bond acceptors (Lipinski definition) is 2. The van der Waals surface area contributed by atoms with E-state index in [1.807, 2.05) is 6.07 Å². The van der Waals surface area contributed by atoms with E-state index in [-0.39, 0.29) is 0 Å². The van der Waals surface area contributed by atoms with Crippen LogP contribution in [0.3, 0.4) is 0 Å². The number of rotatable bonds is 4. The molecule has 0 fully saturated rings. The van der Waals surface area contributed by atoms with E-state index in [1.54, 1.807) is 6.20 Å². The molecule has 3 heterocycles. The van der Waals surface area contributed by atoms with E-state index in [4.69, 9.17) is 4.42 Å². The fraction of sp³-hybridized carbons (Fsp3) is 0.161. The van der Waals surface area contributed by atoms with E-state index in [0.717, 1.165) is 44.7 Å². The van der Waals surface area contributed by atoms with Crippen LogP contribution in [0.4, 0.5) is 0 Å². The van der Waals surface area contributed by atoms with Crippen molar-refractivity contribution in [1.29, 1.82) is 0 Å². The Hall–Kier alpha value is -4.18. The number of hydrogen-bond donors (Lipinski definition) is 0. The predicted octanol–water partition coefficient (Wildman–Crippen LogP) is 7.46. The van der Waals surface area contributed by atoms with Gasteiger partial charge in [0.25, 0.3) is 5.82 Å². The second kappa shape index (κ2) is 8.24. The van der Waals surface area contributed by atoms with Gasteiger partial charge < -0.3 is 4.42 Å². The zero-order valence-electron chi connectivity index (χ0n) is 20.5. The molecule has 4 nitrogen and oxygen atoms in total. The molecule has 35 heavy (non-hydrogen) atoms. The summed E-state index contributed by atoms with van der Waals surface area (Å²) in [6.07, 6.45) is 1.79. The van der Waals surface area contributed by atoms with Gasteiger partial charge in [0.15, 0.2) is 17.0 Å². The van der Waals surface area contributed by atoms with Crippen molar-refractivity contribution in [2.75, 3.05) is 0 Å². The van der Waals surface area contributed by atoms with Crippen LogP contribution in [0.2, 0.25) is 0 Å². The number of pyridine rings is 1. The summed E-state index contributed by atoms with van der Waals surface area (Å²) in [5.74, 6) is 1.43. The molecule has 6 aromatic rings. The molecule has 0 N–H and O–H groups in total. The summed E-state index contributed by atoms with van der Waals surface area (Å²) in [6, 6.07) is 29.7. The Bertz CT molecular complexity index is 1680. The average molecular weight is 459 g/mol. The minimum Gasteiger partial charge on any atom is -0.433 e. The Morgan fingerprint density at radius 2 is 1.51 bits per heavy atom. The average Bonchev–Trinajstić information content (AvgIpc) is 3.40. The van der Waals surface area contributed by atoms with Crippen LogP contribution in [0.5, 0.6) is 0 Å². The highest BCUT2D eigenvalue weighted by atomic mass is 16.3. The Labute approximate surface area is 205 Å². The summed E-state index contributed by atoms with van der Waals surface area (Å²) in [6.45, 7) is 8.91. The number of aromatic nitrogens is 3. The molecule has 0 atom stereocenters. The lowest BCUT2D eigenvalue weighted by Gasteiger charge is -2.09. The Balaban J connectivity index is 1.81. The molecule has 3 aromatic heterocycles. The molecule has 6 rings (SSSR count). The van der Waals surface area contributed by atoms with Crippen LogP contribution in [-0.2, 0) is 0 Å². The number of fused-ring (bicyclic) bond motifs is 3. The van der Waals surface area contributed by atoms with Gasteiger partial charge in [0, 0.05) is 35.4 Å². The van der Waals surface area contributed by atoms with Gasteiger partial charge in [-0.15, -0.1) is 0 Å². The maximum Gasteiger partial charge on any atom is 0.299 e. The lowest BCUT2D eigenvalue weighted by Crippen LogP contribution is -2.36. The molecule has 0 bridgehead atoms. The number of benzene rings is 3. The lowest BCUT2D eigenvalue weighted by molar-refractivity contribution is -0.589. The SMILES string of the molecule is Cc1ccc2c(oc3ncccc32)c1-[n+]1c(C)c(C(C)C)n(-c2ccccc2)c1-c1ccccc1. The molecule has 0 amide bonds. The van der Waals surface area contributed by atoms with Crippen molar-refractivity contribution in [3.63, 3.8) is 0 Å². The van der Waals surface area contributed by atoms with Crippen molar-refractivity contribution in [1.82, 2.24) is 9.55 Å². The molecule has 0 aliphatic heterocycles. The van der Waals surface area contributed by atoms with Crippen LogP contribution < -0.4 is 4.57 Å². The summed E-state index contributed by atoms with van der Waals surface area (Å²) >= 11 is 0. The molecule has 3 aromatic carbocycles. The molecule has 0 saturated carbocycles. The van der Waals surface area contributed by atoms with Gasteiger partial charge in [0.2, 0.25) is 5.71 Å². The summed E-state index contributed by atoms with van der Waals surface area (Å²) in [5, 5.41) is 2.12. The first-order valence-corrected chi connectivity index (χ1v) is 12.1. The summed E-state index contributed by atoms with van der Waals surface area (Å²) < 4.78 is 11.2. The zero-order valence-corrected chi connectivity index (χ0v) is 20.5. The molecule has 172 valence electrons. The van der Waals surface area contributed by atoms with E-state index >= 15 is 0 Å². The van der Waals surface area contributed by atoms with Gasteiger partial charge in [-0.2, -0.15) is 9.13 Å². The number of aryl methyl sites for hydroxylation is 1. The van der Waals surface area contributed by atoms with Gasteiger partial charge in [-0.05, 0) is 49.4 Å². The minimum atomic E-state index is 0.316. The van der Waals surface area contributed by atoms with Crippen LogP contribution in [-0.4, -0.2) is 9.55 Å². The maximum atomic E-state index is 6.44. The van der Waals surface area contributed by atoms with Crippen molar-refractivity contribution in [2.45, 2.75) is 33.6 Å². The van der Waals surface area contributed by atoms with E-state index in [1.165, 1.54) is 11.4 Å². The van der Waals surface area contributed by atoms with E-state index in [9.17, 15) is 0 Å². The monoisotopic (exact) mass is 458 g/mol. The van der Waals surface area contributed by atoms with E-state index < -0.39 is 0 Å². The van der Waals surface area contributed by atoms with Crippen LogP contribution in [0.25, 0.3) is 44.8 Å². The highest BCUT2D eigenvalue weighted by Crippen LogP contribution is 2.36. The highest BCUT2D eigenvalue weighted by Gasteiger charge is 2.35. The first kappa shape index (κ1) is 21.4. The maximum absolute atomic E-state index is 6.44. The first-order chi connectivity index (χ1) is 17.1. The second-order valence-electron chi connectivity index (χ2n) is 9.39. The minimum absolute atomic E-state index is 0.316. The van der Waals surface area contributed by atoms with Crippen LogP contribution >= 0.6 is 0 Å². The van der Waals surface area contributed by atoms with Crippen molar-refractivity contribution in [2.24, 2.45) is 0 Å². The molecule has 0 unspecified atom stereocenters. The van der Waals surface area contributed by atoms with Gasteiger partial charge in [0.05, 0.1) is 5.56 Å². The molecule has 4 heteroatoms. The van der Waals surface area contributed by atoms with Crippen molar-refractivity contribution in [3.8, 4) is 22.8 Å². The van der Waals surface area contributed by atoms with Crippen molar-refractivity contribution < 1.29 is 8.98 Å². The summed E-state index contributed by atoms with van der Waals surface area (Å²) in [7, 11) is 0. The number of para-hydroxylation sites is 1. The van der Waals surface area contributed by atoms with Crippen LogP contribution in [0.15, 0.2) is 95.5 Å². The molecular formula is C31H28N3O+. The van der Waals surface area contributed by atoms with Gasteiger partial charge in [-0.3, -0.25) is 0 Å². The fourth-order valence-corrected chi connectivity index (χ4v) is 5.32. The molecular weight excluding hydrogens is 430 g/mol. The largest absolute Gasteiger partial charge is 0.433 e. The fourth-order valence-electron chi connectivity index (χ4n) is 5.32. The van der Waals surface area contributed by atoms with Crippen LogP contribution in [0, 0.1) is 13.8 Å². The third kappa shape index (κ3) is 3.28. The number of nitrogens with zero attached hydrogens (tertiary/aromatic N) is 3. The van der Waals surface area contributed by atoms with Crippen molar-refractivity contribution in [3.05, 3.63) is 108 Å². The Morgan fingerprint density at radius 1 is 0.800 bits per heavy atom. The molecule has 0 aliphatic rings. The summed E-state index contributed by atoms with van der Waals surface area (Å²) in [4.78, 5) is 4.50. The van der Waals surface area contributed by atoms with Gasteiger partial charge >= 0.3 is 0 Å². The van der Waals surface area contributed by atoms with E-state index in [0.29, 0.717) is 11.6 Å². The smallest absolute Gasteiger partial charge is 0.299 e. The van der Waals surface area contributed by atoms with Gasteiger partial charge in [-0.1, -0.05) is 56.3 Å². The standard InChI is InChI=1S/C31H28N3O/c1-20(2)27-22(4)33(28-21(3)17-18-25-26-16-11-19-32-30(26)35-29(25)28)31(23-12-7-5-8-13-23)34(27)24-14-9-6-10-15-24/h5-20H,1-4H3/q+1. The zero-order chi connectivity index (χ0) is 24.1. The van der Waals surface area contributed by atoms with Crippen LogP contribution in [0.1, 0.15) is 36.7 Å².